The number of hydrogen-bond acceptors (Lipinski definition) is 4. The molecule has 0 aromatic carbocycles. The maximum absolute atomic E-state index is 10.9. The maximum Gasteiger partial charge on any atom is 0.267 e. The molecule has 0 fully saturated rings. The van der Waals surface area contributed by atoms with Crippen LogP contribution in [0.25, 0.3) is 0 Å². The molecule has 12 heavy (non-hydrogen) atoms. The standard InChI is InChI=1S/C7H16O3S.H3N/c1-4-5-11(8,9)10-6-7(2)3;/h7H,4-6H2,1-3H3;1H3. The Kier molecular flexibility index (Phi) is 7.67. The van der Waals surface area contributed by atoms with Crippen LogP contribution in [-0.4, -0.2) is 20.8 Å². The molecule has 5 heteroatoms. The van der Waals surface area contributed by atoms with Gasteiger partial charge >= 0.3 is 0 Å². The second-order valence-corrected chi connectivity index (χ2v) is 4.70. The van der Waals surface area contributed by atoms with Crippen LogP contribution in [0.3, 0.4) is 0 Å². The molecule has 4 nitrogen and oxygen atoms in total. The monoisotopic (exact) mass is 197 g/mol. The fourth-order valence-corrected chi connectivity index (χ4v) is 1.65. The first-order valence-corrected chi connectivity index (χ1v) is 5.42. The van der Waals surface area contributed by atoms with Gasteiger partial charge in [-0.15, -0.1) is 0 Å². The molecule has 0 bridgehead atoms. The molecule has 0 radical (unpaired) electrons. The first-order chi connectivity index (χ1) is 4.98. The highest BCUT2D eigenvalue weighted by Gasteiger charge is 2.09. The second kappa shape index (κ2) is 6.39. The molecule has 0 aliphatic heterocycles. The number of hydrogen-bond donors (Lipinski definition) is 1. The smallest absolute Gasteiger partial charge is 0.267 e. The van der Waals surface area contributed by atoms with Crippen molar-refractivity contribution in [2.45, 2.75) is 27.2 Å². The minimum absolute atomic E-state index is 0. The summed E-state index contributed by atoms with van der Waals surface area (Å²) in [5, 5.41) is 0. The molecule has 0 saturated carbocycles. The fraction of sp³-hybridized carbons (Fsp3) is 1.00. The van der Waals surface area contributed by atoms with Crippen LogP contribution in [0.2, 0.25) is 0 Å². The van der Waals surface area contributed by atoms with Gasteiger partial charge in [0.2, 0.25) is 0 Å². The molecule has 0 saturated heterocycles. The molecule has 0 aromatic heterocycles. The molecule has 0 amide bonds. The zero-order chi connectivity index (χ0) is 8.91. The third kappa shape index (κ3) is 7.97. The van der Waals surface area contributed by atoms with Crippen molar-refractivity contribution in [3.8, 4) is 0 Å². The average Bonchev–Trinajstić information content (AvgIpc) is 1.84. The summed E-state index contributed by atoms with van der Waals surface area (Å²) in [6.07, 6.45) is 0.612. The lowest BCUT2D eigenvalue weighted by molar-refractivity contribution is 0.275. The Balaban J connectivity index is 0. The molecule has 0 spiro atoms. The van der Waals surface area contributed by atoms with Crippen LogP contribution in [-0.2, 0) is 14.3 Å². The maximum atomic E-state index is 10.9. The van der Waals surface area contributed by atoms with Crippen molar-refractivity contribution in [1.82, 2.24) is 6.15 Å². The van der Waals surface area contributed by atoms with Crippen molar-refractivity contribution < 1.29 is 12.6 Å². The van der Waals surface area contributed by atoms with Gasteiger partial charge < -0.3 is 6.15 Å². The summed E-state index contributed by atoms with van der Waals surface area (Å²) in [5.74, 6) is 0.390. The molecule has 76 valence electrons. The highest BCUT2D eigenvalue weighted by molar-refractivity contribution is 7.86. The van der Waals surface area contributed by atoms with Crippen molar-refractivity contribution >= 4 is 10.1 Å². The van der Waals surface area contributed by atoms with Gasteiger partial charge in [-0.3, -0.25) is 4.18 Å². The Morgan fingerprint density at radius 2 is 1.83 bits per heavy atom. The SMILES string of the molecule is CCCS(=O)(=O)OCC(C)C.N. The van der Waals surface area contributed by atoms with E-state index < -0.39 is 10.1 Å². The van der Waals surface area contributed by atoms with Crippen LogP contribution >= 0.6 is 0 Å². The lowest BCUT2D eigenvalue weighted by Crippen LogP contribution is -2.13. The summed E-state index contributed by atoms with van der Waals surface area (Å²) in [7, 11) is -3.23. The lowest BCUT2D eigenvalue weighted by atomic mass is 10.2. The third-order valence-electron chi connectivity index (χ3n) is 1.04. The molecule has 0 unspecified atom stereocenters. The van der Waals surface area contributed by atoms with Gasteiger partial charge in [0.25, 0.3) is 10.1 Å². The Hall–Kier alpha value is -0.130. The van der Waals surface area contributed by atoms with Gasteiger partial charge in [0.05, 0.1) is 12.4 Å². The van der Waals surface area contributed by atoms with E-state index >= 15 is 0 Å². The summed E-state index contributed by atoms with van der Waals surface area (Å²) < 4.78 is 26.5. The quantitative estimate of drug-likeness (QED) is 0.678. The molecule has 3 N–H and O–H groups in total. The highest BCUT2D eigenvalue weighted by Crippen LogP contribution is 2.00. The van der Waals surface area contributed by atoms with Gasteiger partial charge in [-0.25, -0.2) is 0 Å². The molecule has 0 aromatic rings. The zero-order valence-electron chi connectivity index (χ0n) is 8.04. The van der Waals surface area contributed by atoms with E-state index in [9.17, 15) is 8.42 Å². The van der Waals surface area contributed by atoms with Gasteiger partial charge in [-0.05, 0) is 12.3 Å². The third-order valence-corrected chi connectivity index (χ3v) is 2.44. The van der Waals surface area contributed by atoms with Crippen LogP contribution in [0.4, 0.5) is 0 Å². The van der Waals surface area contributed by atoms with E-state index in [1.807, 2.05) is 20.8 Å². The van der Waals surface area contributed by atoms with Crippen molar-refractivity contribution in [2.24, 2.45) is 5.92 Å². The Morgan fingerprint density at radius 1 is 1.33 bits per heavy atom. The molecular weight excluding hydrogens is 178 g/mol. The molecule has 0 heterocycles. The first kappa shape index (κ1) is 14.4. The second-order valence-electron chi connectivity index (χ2n) is 2.94. The summed E-state index contributed by atoms with van der Waals surface area (Å²) in [6, 6.07) is 0. The predicted molar refractivity (Wildman–Crippen MR) is 49.9 cm³/mol. The van der Waals surface area contributed by atoms with Crippen molar-refractivity contribution in [1.29, 1.82) is 0 Å². The molecule has 0 aliphatic rings. The molecule has 0 atom stereocenters. The van der Waals surface area contributed by atoms with Gasteiger partial charge in [0.15, 0.2) is 0 Å². The van der Waals surface area contributed by atoms with Gasteiger partial charge in [-0.2, -0.15) is 8.42 Å². The number of rotatable bonds is 5. The van der Waals surface area contributed by atoms with E-state index in [0.717, 1.165) is 0 Å². The Bertz CT molecular complexity index is 187. The van der Waals surface area contributed by atoms with E-state index in [0.29, 0.717) is 13.0 Å². The van der Waals surface area contributed by atoms with Crippen LogP contribution in [0.1, 0.15) is 27.2 Å². The first-order valence-electron chi connectivity index (χ1n) is 3.85. The van der Waals surface area contributed by atoms with E-state index in [4.69, 9.17) is 4.18 Å². The van der Waals surface area contributed by atoms with Gasteiger partial charge in [0.1, 0.15) is 0 Å². The normalized spacial score (nSPS) is 11.3. The van der Waals surface area contributed by atoms with E-state index in [1.54, 1.807) is 0 Å². The molecule has 0 rings (SSSR count). The van der Waals surface area contributed by atoms with Crippen molar-refractivity contribution in [3.63, 3.8) is 0 Å². The Morgan fingerprint density at radius 3 is 2.17 bits per heavy atom. The van der Waals surface area contributed by atoms with Crippen molar-refractivity contribution in [3.05, 3.63) is 0 Å². The predicted octanol–water partition coefficient (Wildman–Crippen LogP) is 1.56. The van der Waals surface area contributed by atoms with Gasteiger partial charge in [0, 0.05) is 0 Å². The average molecular weight is 197 g/mol. The summed E-state index contributed by atoms with van der Waals surface area (Å²) >= 11 is 0. The van der Waals surface area contributed by atoms with Crippen LogP contribution in [0, 0.1) is 5.92 Å². The van der Waals surface area contributed by atoms with E-state index in [-0.39, 0.29) is 17.8 Å². The largest absolute Gasteiger partial charge is 0.344 e. The van der Waals surface area contributed by atoms with E-state index in [2.05, 4.69) is 0 Å². The summed E-state index contributed by atoms with van der Waals surface area (Å²) in [6.45, 7) is 5.95. The van der Waals surface area contributed by atoms with Gasteiger partial charge in [-0.1, -0.05) is 20.8 Å². The topological polar surface area (TPSA) is 78.4 Å². The summed E-state index contributed by atoms with van der Waals surface area (Å²) in [5.41, 5.74) is 0. The minimum Gasteiger partial charge on any atom is -0.344 e. The van der Waals surface area contributed by atoms with E-state index in [1.165, 1.54) is 0 Å². The van der Waals surface area contributed by atoms with Crippen molar-refractivity contribution in [2.75, 3.05) is 12.4 Å². The lowest BCUT2D eigenvalue weighted by Gasteiger charge is -2.05. The van der Waals surface area contributed by atoms with Crippen LogP contribution in [0.15, 0.2) is 0 Å². The van der Waals surface area contributed by atoms with Crippen LogP contribution < -0.4 is 6.15 Å². The molecule has 0 aliphatic carbocycles. The highest BCUT2D eigenvalue weighted by atomic mass is 32.2. The molecular formula is C7H19NO3S. The fourth-order valence-electron chi connectivity index (χ4n) is 0.549. The minimum atomic E-state index is -3.23. The Labute approximate surface area is 75.0 Å². The summed E-state index contributed by atoms with van der Waals surface area (Å²) in [4.78, 5) is 0. The van der Waals surface area contributed by atoms with Crippen LogP contribution in [0.5, 0.6) is 0 Å². The zero-order valence-corrected chi connectivity index (χ0v) is 8.86.